The van der Waals surface area contributed by atoms with Gasteiger partial charge in [-0.15, -0.1) is 0 Å². The van der Waals surface area contributed by atoms with Crippen LogP contribution in [0.4, 0.5) is 0 Å². The van der Waals surface area contributed by atoms with Gasteiger partial charge in [0.2, 0.25) is 5.91 Å². The maximum atomic E-state index is 12.4. The van der Waals surface area contributed by atoms with Crippen molar-refractivity contribution >= 4 is 15.7 Å². The molecule has 2 aliphatic rings. The van der Waals surface area contributed by atoms with E-state index >= 15 is 0 Å². The van der Waals surface area contributed by atoms with E-state index in [1.807, 2.05) is 4.90 Å². The van der Waals surface area contributed by atoms with E-state index in [2.05, 4.69) is 11.8 Å². The second kappa shape index (κ2) is 7.07. The highest BCUT2D eigenvalue weighted by atomic mass is 32.2. The van der Waals surface area contributed by atoms with Crippen molar-refractivity contribution in [1.82, 2.24) is 9.80 Å². The Bertz CT molecular complexity index is 458. The van der Waals surface area contributed by atoms with Crippen molar-refractivity contribution in [3.05, 3.63) is 0 Å². The molecule has 0 aliphatic carbocycles. The van der Waals surface area contributed by atoms with E-state index in [4.69, 9.17) is 5.73 Å². The normalized spacial score (nSPS) is 27.7. The lowest BCUT2D eigenvalue weighted by Crippen LogP contribution is -2.54. The Balaban J connectivity index is 1.85. The fourth-order valence-electron chi connectivity index (χ4n) is 3.34. The first-order valence-electron chi connectivity index (χ1n) is 7.90. The van der Waals surface area contributed by atoms with Crippen LogP contribution in [0.5, 0.6) is 0 Å². The van der Waals surface area contributed by atoms with Crippen LogP contribution in [0.25, 0.3) is 0 Å². The molecule has 0 aromatic carbocycles. The zero-order valence-electron chi connectivity index (χ0n) is 12.8. The number of hydrogen-bond donors (Lipinski definition) is 1. The minimum atomic E-state index is -2.99. The van der Waals surface area contributed by atoms with Crippen LogP contribution in [0.15, 0.2) is 0 Å². The zero-order valence-corrected chi connectivity index (χ0v) is 13.6. The maximum absolute atomic E-state index is 12.4. The minimum Gasteiger partial charge on any atom is -0.340 e. The SMILES string of the molecule is CCCC(CN)N1CCN(C(=O)C2CCS(=O)(=O)C2)CC1. The van der Waals surface area contributed by atoms with Crippen LogP contribution < -0.4 is 5.73 Å². The lowest BCUT2D eigenvalue weighted by molar-refractivity contribution is -0.136. The number of carbonyl (C=O) groups excluding carboxylic acids is 1. The fourth-order valence-corrected chi connectivity index (χ4v) is 5.07. The molecule has 2 atom stereocenters. The quantitative estimate of drug-likeness (QED) is 0.752. The summed E-state index contributed by atoms with van der Waals surface area (Å²) in [5.74, 6) is -0.0967. The largest absolute Gasteiger partial charge is 0.340 e. The first-order chi connectivity index (χ1) is 9.96. The molecule has 2 heterocycles. The van der Waals surface area contributed by atoms with Gasteiger partial charge in [-0.2, -0.15) is 0 Å². The van der Waals surface area contributed by atoms with Crippen LogP contribution in [0.2, 0.25) is 0 Å². The minimum absolute atomic E-state index is 0.0236. The van der Waals surface area contributed by atoms with Gasteiger partial charge in [-0.05, 0) is 12.8 Å². The molecule has 0 aromatic heterocycles. The molecule has 122 valence electrons. The Labute approximate surface area is 127 Å². The zero-order chi connectivity index (χ0) is 15.5. The standard InChI is InChI=1S/C14H27N3O3S/c1-2-3-13(10-15)16-5-7-17(8-6-16)14(18)12-4-9-21(19,20)11-12/h12-13H,2-11,15H2,1H3. The number of sulfone groups is 1. The van der Waals surface area contributed by atoms with Gasteiger partial charge in [0, 0.05) is 38.8 Å². The molecule has 2 rings (SSSR count). The van der Waals surface area contributed by atoms with Gasteiger partial charge in [0.1, 0.15) is 0 Å². The molecule has 2 saturated heterocycles. The maximum Gasteiger partial charge on any atom is 0.226 e. The predicted octanol–water partition coefficient (Wildman–Crippen LogP) is -0.307. The highest BCUT2D eigenvalue weighted by molar-refractivity contribution is 7.91. The number of nitrogens with two attached hydrogens (primary N) is 1. The number of carbonyl (C=O) groups is 1. The van der Waals surface area contributed by atoms with E-state index in [0.29, 0.717) is 32.1 Å². The molecule has 7 heteroatoms. The molecule has 0 saturated carbocycles. The van der Waals surface area contributed by atoms with Crippen molar-refractivity contribution < 1.29 is 13.2 Å². The average molecular weight is 317 g/mol. The molecular weight excluding hydrogens is 290 g/mol. The van der Waals surface area contributed by atoms with Gasteiger partial charge >= 0.3 is 0 Å². The lowest BCUT2D eigenvalue weighted by Gasteiger charge is -2.39. The number of amides is 1. The van der Waals surface area contributed by atoms with E-state index in [-0.39, 0.29) is 23.3 Å². The van der Waals surface area contributed by atoms with Crippen molar-refractivity contribution in [2.75, 3.05) is 44.2 Å². The topological polar surface area (TPSA) is 83.7 Å². The Morgan fingerprint density at radius 1 is 1.29 bits per heavy atom. The molecular formula is C14H27N3O3S. The highest BCUT2D eigenvalue weighted by Crippen LogP contribution is 2.22. The molecule has 0 aromatic rings. The van der Waals surface area contributed by atoms with E-state index in [1.165, 1.54) is 0 Å². The Morgan fingerprint density at radius 3 is 2.43 bits per heavy atom. The lowest BCUT2D eigenvalue weighted by atomic mass is 10.1. The Hall–Kier alpha value is -0.660. The van der Waals surface area contributed by atoms with Gasteiger partial charge in [0.05, 0.1) is 17.4 Å². The Kier molecular flexibility index (Phi) is 5.62. The van der Waals surface area contributed by atoms with Crippen LogP contribution in [-0.4, -0.2) is 74.4 Å². The third-order valence-corrected chi connectivity index (χ3v) is 6.39. The molecule has 6 nitrogen and oxygen atoms in total. The number of rotatable bonds is 5. The summed E-state index contributed by atoms with van der Waals surface area (Å²) in [5.41, 5.74) is 5.82. The van der Waals surface area contributed by atoms with E-state index in [0.717, 1.165) is 25.9 Å². The van der Waals surface area contributed by atoms with Crippen LogP contribution in [0.3, 0.4) is 0 Å². The number of nitrogens with zero attached hydrogens (tertiary/aromatic N) is 2. The summed E-state index contributed by atoms with van der Waals surface area (Å²) in [6.45, 7) is 5.87. The summed E-state index contributed by atoms with van der Waals surface area (Å²) in [4.78, 5) is 16.6. The Morgan fingerprint density at radius 2 is 1.95 bits per heavy atom. The van der Waals surface area contributed by atoms with Crippen LogP contribution in [0, 0.1) is 5.92 Å². The molecule has 2 aliphatic heterocycles. The molecule has 1 amide bonds. The molecule has 2 fully saturated rings. The molecule has 21 heavy (non-hydrogen) atoms. The summed E-state index contributed by atoms with van der Waals surface area (Å²) < 4.78 is 23.0. The summed E-state index contributed by atoms with van der Waals surface area (Å²) in [6.07, 6.45) is 2.69. The second-order valence-corrected chi connectivity index (χ2v) is 8.37. The van der Waals surface area contributed by atoms with E-state index in [1.54, 1.807) is 0 Å². The number of piperazine rings is 1. The summed E-state index contributed by atoms with van der Waals surface area (Å²) in [6, 6.07) is 0.402. The van der Waals surface area contributed by atoms with Crippen molar-refractivity contribution in [1.29, 1.82) is 0 Å². The first-order valence-corrected chi connectivity index (χ1v) is 9.72. The van der Waals surface area contributed by atoms with E-state index < -0.39 is 9.84 Å². The smallest absolute Gasteiger partial charge is 0.226 e. The molecule has 0 bridgehead atoms. The van der Waals surface area contributed by atoms with Gasteiger partial charge in [-0.1, -0.05) is 13.3 Å². The van der Waals surface area contributed by atoms with Gasteiger partial charge in [-0.25, -0.2) is 8.42 Å². The van der Waals surface area contributed by atoms with Crippen molar-refractivity contribution in [3.63, 3.8) is 0 Å². The van der Waals surface area contributed by atoms with Crippen LogP contribution in [0.1, 0.15) is 26.2 Å². The van der Waals surface area contributed by atoms with Crippen LogP contribution >= 0.6 is 0 Å². The van der Waals surface area contributed by atoms with Gasteiger partial charge < -0.3 is 10.6 Å². The number of hydrogen-bond acceptors (Lipinski definition) is 5. The van der Waals surface area contributed by atoms with Crippen molar-refractivity contribution in [3.8, 4) is 0 Å². The molecule has 0 radical (unpaired) electrons. The van der Waals surface area contributed by atoms with Gasteiger partial charge in [0.15, 0.2) is 9.84 Å². The summed E-state index contributed by atoms with van der Waals surface area (Å²) in [7, 11) is -2.99. The molecule has 2 N–H and O–H groups in total. The molecule has 0 spiro atoms. The molecule has 2 unspecified atom stereocenters. The third-order valence-electron chi connectivity index (χ3n) is 4.62. The first kappa shape index (κ1) is 16.7. The van der Waals surface area contributed by atoms with Crippen molar-refractivity contribution in [2.45, 2.75) is 32.2 Å². The predicted molar refractivity (Wildman–Crippen MR) is 82.7 cm³/mol. The monoisotopic (exact) mass is 317 g/mol. The highest BCUT2D eigenvalue weighted by Gasteiger charge is 2.36. The van der Waals surface area contributed by atoms with Gasteiger partial charge in [0.25, 0.3) is 0 Å². The van der Waals surface area contributed by atoms with Gasteiger partial charge in [-0.3, -0.25) is 9.69 Å². The third kappa shape index (κ3) is 4.17. The summed E-state index contributed by atoms with van der Waals surface area (Å²) >= 11 is 0. The average Bonchev–Trinajstić information content (AvgIpc) is 2.84. The summed E-state index contributed by atoms with van der Waals surface area (Å²) in [5, 5.41) is 0. The van der Waals surface area contributed by atoms with E-state index in [9.17, 15) is 13.2 Å². The van der Waals surface area contributed by atoms with Crippen molar-refractivity contribution in [2.24, 2.45) is 11.7 Å². The second-order valence-electron chi connectivity index (χ2n) is 6.14. The van der Waals surface area contributed by atoms with Crippen LogP contribution in [-0.2, 0) is 14.6 Å². The fraction of sp³-hybridized carbons (Fsp3) is 0.929.